The molecule has 4 rings (SSSR count). The summed E-state index contributed by atoms with van der Waals surface area (Å²) in [6.45, 7) is 3.67. The largest absolute Gasteiger partial charge is 0.335 e. The minimum absolute atomic E-state index is 0.149. The molecule has 156 valence electrons. The zero-order valence-electron chi connectivity index (χ0n) is 17.5. The van der Waals surface area contributed by atoms with Gasteiger partial charge in [0.15, 0.2) is 0 Å². The molecule has 5 nitrogen and oxygen atoms in total. The first-order valence-corrected chi connectivity index (χ1v) is 9.98. The molecule has 4 aromatic rings. The van der Waals surface area contributed by atoms with Gasteiger partial charge < -0.3 is 4.90 Å². The Morgan fingerprint density at radius 3 is 2.32 bits per heavy atom. The van der Waals surface area contributed by atoms with E-state index in [1.54, 1.807) is 65.9 Å². The topological polar surface area (TPSA) is 55.2 Å². The molecule has 0 fully saturated rings. The van der Waals surface area contributed by atoms with Crippen LogP contribution in [-0.2, 0) is 0 Å². The van der Waals surface area contributed by atoms with Crippen LogP contribution < -0.4 is 5.56 Å². The summed E-state index contributed by atoms with van der Waals surface area (Å²) in [4.78, 5) is 32.1. The van der Waals surface area contributed by atoms with Crippen LogP contribution in [0.3, 0.4) is 0 Å². The van der Waals surface area contributed by atoms with Crippen LogP contribution in [0.15, 0.2) is 77.6 Å². The lowest BCUT2D eigenvalue weighted by atomic mass is 10.1. The fourth-order valence-electron chi connectivity index (χ4n) is 3.65. The lowest BCUT2D eigenvalue weighted by molar-refractivity contribution is 0.0742. The van der Waals surface area contributed by atoms with Crippen molar-refractivity contribution in [3.8, 4) is 5.69 Å². The van der Waals surface area contributed by atoms with E-state index in [9.17, 15) is 14.0 Å². The van der Waals surface area contributed by atoms with Gasteiger partial charge in [0.1, 0.15) is 11.6 Å². The number of aromatic nitrogens is 2. The van der Waals surface area contributed by atoms with Crippen LogP contribution in [0.1, 0.15) is 34.7 Å². The minimum atomic E-state index is -0.311. The average Bonchev–Trinajstić information content (AvgIpc) is 2.78. The third-order valence-corrected chi connectivity index (χ3v) is 5.57. The molecule has 1 unspecified atom stereocenters. The quantitative estimate of drug-likeness (QED) is 0.487. The maximum absolute atomic E-state index is 13.2. The molecule has 0 spiro atoms. The van der Waals surface area contributed by atoms with Gasteiger partial charge in [-0.1, -0.05) is 24.3 Å². The van der Waals surface area contributed by atoms with Crippen LogP contribution >= 0.6 is 0 Å². The van der Waals surface area contributed by atoms with Gasteiger partial charge in [-0.25, -0.2) is 9.37 Å². The fraction of sp³-hybridized carbons (Fsp3) is 0.160. The van der Waals surface area contributed by atoms with Crippen LogP contribution in [0.4, 0.5) is 4.39 Å². The first-order chi connectivity index (χ1) is 14.9. The van der Waals surface area contributed by atoms with Crippen molar-refractivity contribution < 1.29 is 9.18 Å². The zero-order valence-corrected chi connectivity index (χ0v) is 17.5. The molecule has 1 heterocycles. The molecule has 0 radical (unpaired) electrons. The van der Waals surface area contributed by atoms with Gasteiger partial charge in [-0.15, -0.1) is 0 Å². The standard InChI is InChI=1S/C25H22FN3O2/c1-16(18-8-12-20(26)13-9-18)28(3)24(30)19-10-14-21(15-11-19)29-17(2)27-23-7-5-4-6-22(23)25(29)31/h4-16H,1-3H3. The van der Waals surface area contributed by atoms with Gasteiger partial charge in [-0.2, -0.15) is 0 Å². The van der Waals surface area contributed by atoms with E-state index < -0.39 is 0 Å². The molecule has 0 N–H and O–H groups in total. The highest BCUT2D eigenvalue weighted by Crippen LogP contribution is 2.22. The third-order valence-electron chi connectivity index (χ3n) is 5.57. The highest BCUT2D eigenvalue weighted by Gasteiger charge is 2.19. The average molecular weight is 415 g/mol. The first kappa shape index (κ1) is 20.5. The van der Waals surface area contributed by atoms with E-state index in [0.717, 1.165) is 5.56 Å². The summed E-state index contributed by atoms with van der Waals surface area (Å²) in [5.74, 6) is 0.100. The van der Waals surface area contributed by atoms with Gasteiger partial charge in [0.25, 0.3) is 11.5 Å². The van der Waals surface area contributed by atoms with E-state index in [-0.39, 0.29) is 23.3 Å². The zero-order chi connectivity index (χ0) is 22.1. The number of para-hydroxylation sites is 1. The second-order valence-electron chi connectivity index (χ2n) is 7.51. The number of amides is 1. The Bertz CT molecular complexity index is 1310. The first-order valence-electron chi connectivity index (χ1n) is 9.98. The number of hydrogen-bond donors (Lipinski definition) is 0. The summed E-state index contributed by atoms with van der Waals surface area (Å²) in [6.07, 6.45) is 0. The number of aryl methyl sites for hydroxylation is 1. The molecule has 6 heteroatoms. The van der Waals surface area contributed by atoms with Crippen molar-refractivity contribution in [2.45, 2.75) is 19.9 Å². The van der Waals surface area contributed by atoms with Crippen LogP contribution in [0, 0.1) is 12.7 Å². The molecule has 0 bridgehead atoms. The highest BCUT2D eigenvalue weighted by molar-refractivity contribution is 5.94. The molecule has 3 aromatic carbocycles. The molecule has 0 aliphatic rings. The molecule has 1 aromatic heterocycles. The van der Waals surface area contributed by atoms with Crippen LogP contribution in [0.25, 0.3) is 16.6 Å². The van der Waals surface area contributed by atoms with Crippen molar-refractivity contribution in [3.05, 3.63) is 106 Å². The Labute approximate surface area is 179 Å². The number of fused-ring (bicyclic) bond motifs is 1. The predicted molar refractivity (Wildman–Crippen MR) is 119 cm³/mol. The molecule has 0 saturated heterocycles. The number of rotatable bonds is 4. The van der Waals surface area contributed by atoms with Gasteiger partial charge in [0, 0.05) is 12.6 Å². The smallest absolute Gasteiger partial charge is 0.265 e. The Kier molecular flexibility index (Phi) is 5.38. The number of carbonyl (C=O) groups is 1. The molecular formula is C25H22FN3O2. The second-order valence-corrected chi connectivity index (χ2v) is 7.51. The maximum Gasteiger partial charge on any atom is 0.265 e. The fourth-order valence-corrected chi connectivity index (χ4v) is 3.65. The van der Waals surface area contributed by atoms with E-state index in [0.29, 0.717) is 28.0 Å². The monoisotopic (exact) mass is 415 g/mol. The van der Waals surface area contributed by atoms with Gasteiger partial charge in [-0.05, 0) is 67.9 Å². The van der Waals surface area contributed by atoms with E-state index >= 15 is 0 Å². The summed E-state index contributed by atoms with van der Waals surface area (Å²) in [6, 6.07) is 20.0. The SMILES string of the molecule is Cc1nc2ccccc2c(=O)n1-c1ccc(C(=O)N(C)C(C)c2ccc(F)cc2)cc1. The molecule has 31 heavy (non-hydrogen) atoms. The Morgan fingerprint density at radius 1 is 1.00 bits per heavy atom. The third kappa shape index (κ3) is 3.84. The number of carbonyl (C=O) groups excluding carboxylic acids is 1. The van der Waals surface area contributed by atoms with Crippen molar-refractivity contribution in [1.29, 1.82) is 0 Å². The number of halogens is 1. The summed E-state index contributed by atoms with van der Waals surface area (Å²) in [5, 5.41) is 0.543. The summed E-state index contributed by atoms with van der Waals surface area (Å²) in [7, 11) is 1.71. The Hall–Kier alpha value is -3.80. The van der Waals surface area contributed by atoms with Crippen LogP contribution in [0.2, 0.25) is 0 Å². The Morgan fingerprint density at radius 2 is 1.65 bits per heavy atom. The van der Waals surface area contributed by atoms with E-state index in [1.165, 1.54) is 12.1 Å². The lowest BCUT2D eigenvalue weighted by Gasteiger charge is -2.25. The van der Waals surface area contributed by atoms with Crippen molar-refractivity contribution in [1.82, 2.24) is 14.5 Å². The van der Waals surface area contributed by atoms with Gasteiger partial charge in [0.2, 0.25) is 0 Å². The normalized spacial score (nSPS) is 12.0. The summed E-state index contributed by atoms with van der Waals surface area (Å²) >= 11 is 0. The van der Waals surface area contributed by atoms with Crippen molar-refractivity contribution in [2.24, 2.45) is 0 Å². The number of nitrogens with zero attached hydrogens (tertiary/aromatic N) is 3. The molecule has 0 aliphatic carbocycles. The summed E-state index contributed by atoms with van der Waals surface area (Å²) in [5.41, 5.74) is 2.50. The molecule has 1 atom stereocenters. The van der Waals surface area contributed by atoms with Crippen molar-refractivity contribution in [2.75, 3.05) is 7.05 Å². The molecule has 0 aliphatic heterocycles. The number of benzene rings is 3. The van der Waals surface area contributed by atoms with E-state index in [4.69, 9.17) is 0 Å². The summed E-state index contributed by atoms with van der Waals surface area (Å²) < 4.78 is 14.7. The van der Waals surface area contributed by atoms with Gasteiger partial charge >= 0.3 is 0 Å². The minimum Gasteiger partial charge on any atom is -0.335 e. The lowest BCUT2D eigenvalue weighted by Crippen LogP contribution is -2.29. The van der Waals surface area contributed by atoms with Crippen LogP contribution in [0.5, 0.6) is 0 Å². The molecule has 0 saturated carbocycles. The van der Waals surface area contributed by atoms with E-state index in [1.807, 2.05) is 25.1 Å². The molecular weight excluding hydrogens is 393 g/mol. The second kappa shape index (κ2) is 8.14. The molecule has 1 amide bonds. The maximum atomic E-state index is 13.2. The van der Waals surface area contributed by atoms with Crippen molar-refractivity contribution >= 4 is 16.8 Å². The predicted octanol–water partition coefficient (Wildman–Crippen LogP) is 4.67. The highest BCUT2D eigenvalue weighted by atomic mass is 19.1. The van der Waals surface area contributed by atoms with Gasteiger partial charge in [0.05, 0.1) is 22.6 Å². The Balaban J connectivity index is 1.62. The van der Waals surface area contributed by atoms with Gasteiger partial charge in [-0.3, -0.25) is 14.2 Å². The number of hydrogen-bond acceptors (Lipinski definition) is 3. The van der Waals surface area contributed by atoms with E-state index in [2.05, 4.69) is 4.98 Å². The van der Waals surface area contributed by atoms with Crippen molar-refractivity contribution in [3.63, 3.8) is 0 Å². The van der Waals surface area contributed by atoms with Crippen LogP contribution in [-0.4, -0.2) is 27.4 Å².